The van der Waals surface area contributed by atoms with Gasteiger partial charge in [-0.1, -0.05) is 26.2 Å². The molecule has 118 valence electrons. The van der Waals surface area contributed by atoms with E-state index >= 15 is 0 Å². The zero-order chi connectivity index (χ0) is 15.2. The van der Waals surface area contributed by atoms with E-state index in [1.807, 2.05) is 26.1 Å². The molecular formula is C17H28N2O2. The highest BCUT2D eigenvalue weighted by atomic mass is 16.3. The average Bonchev–Trinajstić information content (AvgIpc) is 2.90. The molecule has 0 spiro atoms. The van der Waals surface area contributed by atoms with E-state index in [9.17, 15) is 4.79 Å². The molecule has 2 rings (SSSR count). The lowest BCUT2D eigenvalue weighted by molar-refractivity contribution is -0.132. The highest BCUT2D eigenvalue weighted by molar-refractivity contribution is 5.78. The maximum Gasteiger partial charge on any atom is 0.236 e. The summed E-state index contributed by atoms with van der Waals surface area (Å²) < 4.78 is 5.54. The summed E-state index contributed by atoms with van der Waals surface area (Å²) in [4.78, 5) is 16.5. The SMILES string of the molecule is CCN(CC(=O)N(C)Cc1ccc(C)o1)C1CCCCC1. The van der Waals surface area contributed by atoms with Crippen molar-refractivity contribution in [3.63, 3.8) is 0 Å². The van der Waals surface area contributed by atoms with E-state index in [1.165, 1.54) is 32.1 Å². The van der Waals surface area contributed by atoms with Crippen LogP contribution >= 0.6 is 0 Å². The number of hydrogen-bond donors (Lipinski definition) is 0. The zero-order valence-electron chi connectivity index (χ0n) is 13.6. The molecule has 1 saturated carbocycles. The van der Waals surface area contributed by atoms with Crippen molar-refractivity contribution in [1.82, 2.24) is 9.80 Å². The standard InChI is InChI=1S/C17H28N2O2/c1-4-19(15-8-6-5-7-9-15)13-17(20)18(3)12-16-11-10-14(2)21-16/h10-11,15H,4-9,12-13H2,1-3H3. The van der Waals surface area contributed by atoms with Gasteiger partial charge < -0.3 is 9.32 Å². The van der Waals surface area contributed by atoms with Crippen molar-refractivity contribution >= 4 is 5.91 Å². The summed E-state index contributed by atoms with van der Waals surface area (Å²) in [5.41, 5.74) is 0. The minimum absolute atomic E-state index is 0.177. The van der Waals surface area contributed by atoms with Gasteiger partial charge >= 0.3 is 0 Å². The van der Waals surface area contributed by atoms with Gasteiger partial charge in [0, 0.05) is 13.1 Å². The summed E-state index contributed by atoms with van der Waals surface area (Å²) in [5, 5.41) is 0. The van der Waals surface area contributed by atoms with Crippen LogP contribution in [0, 0.1) is 6.92 Å². The first kappa shape index (κ1) is 16.1. The molecule has 21 heavy (non-hydrogen) atoms. The van der Waals surface area contributed by atoms with Crippen molar-refractivity contribution in [2.24, 2.45) is 0 Å². The second-order valence-electron chi connectivity index (χ2n) is 6.12. The summed E-state index contributed by atoms with van der Waals surface area (Å²) in [6.07, 6.45) is 6.43. The lowest BCUT2D eigenvalue weighted by Crippen LogP contribution is -2.44. The second kappa shape index (κ2) is 7.64. The van der Waals surface area contributed by atoms with Crippen molar-refractivity contribution in [3.8, 4) is 0 Å². The molecule has 1 heterocycles. The van der Waals surface area contributed by atoms with Gasteiger partial charge in [-0.3, -0.25) is 9.69 Å². The molecule has 0 unspecified atom stereocenters. The molecular weight excluding hydrogens is 264 g/mol. The number of rotatable bonds is 6. The molecule has 0 atom stereocenters. The van der Waals surface area contributed by atoms with Gasteiger partial charge in [-0.25, -0.2) is 0 Å². The Balaban J connectivity index is 1.86. The minimum atomic E-state index is 0.177. The van der Waals surface area contributed by atoms with E-state index < -0.39 is 0 Å². The van der Waals surface area contributed by atoms with Crippen LogP contribution in [-0.2, 0) is 11.3 Å². The van der Waals surface area contributed by atoms with Crippen molar-refractivity contribution in [3.05, 3.63) is 23.7 Å². The first-order chi connectivity index (χ1) is 10.1. The Morgan fingerprint density at radius 2 is 2.00 bits per heavy atom. The van der Waals surface area contributed by atoms with Crippen molar-refractivity contribution in [1.29, 1.82) is 0 Å². The molecule has 1 amide bonds. The Bertz CT molecular complexity index is 449. The highest BCUT2D eigenvalue weighted by Gasteiger charge is 2.23. The Morgan fingerprint density at radius 1 is 1.29 bits per heavy atom. The normalized spacial score (nSPS) is 16.4. The predicted molar refractivity (Wildman–Crippen MR) is 84.0 cm³/mol. The van der Waals surface area contributed by atoms with Gasteiger partial charge in [-0.05, 0) is 38.4 Å². The van der Waals surface area contributed by atoms with Crippen molar-refractivity contribution in [2.75, 3.05) is 20.1 Å². The van der Waals surface area contributed by atoms with Gasteiger partial charge in [0.25, 0.3) is 0 Å². The zero-order valence-corrected chi connectivity index (χ0v) is 13.6. The van der Waals surface area contributed by atoms with Crippen LogP contribution in [-0.4, -0.2) is 41.9 Å². The summed E-state index contributed by atoms with van der Waals surface area (Å²) >= 11 is 0. The summed E-state index contributed by atoms with van der Waals surface area (Å²) in [7, 11) is 1.86. The number of hydrogen-bond acceptors (Lipinski definition) is 3. The topological polar surface area (TPSA) is 36.7 Å². The fourth-order valence-electron chi connectivity index (χ4n) is 3.13. The first-order valence-corrected chi connectivity index (χ1v) is 8.13. The van der Waals surface area contributed by atoms with Gasteiger partial charge in [-0.15, -0.1) is 0 Å². The van der Waals surface area contributed by atoms with Crippen LogP contribution in [0.3, 0.4) is 0 Å². The second-order valence-corrected chi connectivity index (χ2v) is 6.12. The number of furan rings is 1. The van der Waals surface area contributed by atoms with Crippen LogP contribution in [0.4, 0.5) is 0 Å². The fraction of sp³-hybridized carbons (Fsp3) is 0.706. The number of amides is 1. The molecule has 0 aliphatic heterocycles. The van der Waals surface area contributed by atoms with Crippen LogP contribution in [0.1, 0.15) is 50.5 Å². The smallest absolute Gasteiger partial charge is 0.236 e. The van der Waals surface area contributed by atoms with Gasteiger partial charge in [0.1, 0.15) is 11.5 Å². The Kier molecular flexibility index (Phi) is 5.85. The molecule has 1 aromatic heterocycles. The lowest BCUT2D eigenvalue weighted by Gasteiger charge is -2.33. The van der Waals surface area contributed by atoms with E-state index in [0.29, 0.717) is 19.1 Å². The summed E-state index contributed by atoms with van der Waals surface area (Å²) in [6, 6.07) is 4.47. The van der Waals surface area contributed by atoms with Crippen LogP contribution in [0.25, 0.3) is 0 Å². The first-order valence-electron chi connectivity index (χ1n) is 8.13. The number of carbonyl (C=O) groups excluding carboxylic acids is 1. The van der Waals surface area contributed by atoms with Crippen LogP contribution in [0.2, 0.25) is 0 Å². The Labute approximate surface area is 128 Å². The average molecular weight is 292 g/mol. The van der Waals surface area contributed by atoms with Crippen LogP contribution < -0.4 is 0 Å². The molecule has 1 fully saturated rings. The third-order valence-corrected chi connectivity index (χ3v) is 4.45. The number of nitrogens with zero attached hydrogens (tertiary/aromatic N) is 2. The van der Waals surface area contributed by atoms with Crippen molar-refractivity contribution < 1.29 is 9.21 Å². The van der Waals surface area contributed by atoms with E-state index in [-0.39, 0.29) is 5.91 Å². The number of carbonyl (C=O) groups is 1. The van der Waals surface area contributed by atoms with E-state index in [4.69, 9.17) is 4.42 Å². The third-order valence-electron chi connectivity index (χ3n) is 4.45. The maximum atomic E-state index is 12.4. The molecule has 0 bridgehead atoms. The quantitative estimate of drug-likeness (QED) is 0.808. The third kappa shape index (κ3) is 4.60. The van der Waals surface area contributed by atoms with Gasteiger partial charge in [0.2, 0.25) is 5.91 Å². The van der Waals surface area contributed by atoms with E-state index in [2.05, 4.69) is 11.8 Å². The maximum absolute atomic E-state index is 12.4. The van der Waals surface area contributed by atoms with E-state index in [1.54, 1.807) is 4.90 Å². The molecule has 4 nitrogen and oxygen atoms in total. The fourth-order valence-corrected chi connectivity index (χ4v) is 3.13. The lowest BCUT2D eigenvalue weighted by atomic mass is 9.94. The van der Waals surface area contributed by atoms with Crippen LogP contribution in [0.5, 0.6) is 0 Å². The van der Waals surface area contributed by atoms with E-state index in [0.717, 1.165) is 18.1 Å². The van der Waals surface area contributed by atoms with Gasteiger partial charge in [-0.2, -0.15) is 0 Å². The Hall–Kier alpha value is -1.29. The molecule has 1 aromatic rings. The largest absolute Gasteiger partial charge is 0.464 e. The van der Waals surface area contributed by atoms with Crippen molar-refractivity contribution in [2.45, 2.75) is 58.5 Å². The molecule has 1 aliphatic carbocycles. The number of likely N-dealkylation sites (N-methyl/N-ethyl adjacent to an activating group) is 2. The monoisotopic (exact) mass is 292 g/mol. The minimum Gasteiger partial charge on any atom is -0.464 e. The summed E-state index contributed by atoms with van der Waals surface area (Å²) in [6.45, 7) is 6.10. The van der Waals surface area contributed by atoms with Gasteiger partial charge in [0.15, 0.2) is 0 Å². The molecule has 0 saturated heterocycles. The van der Waals surface area contributed by atoms with Crippen LogP contribution in [0.15, 0.2) is 16.5 Å². The summed E-state index contributed by atoms with van der Waals surface area (Å²) in [5.74, 6) is 1.92. The molecule has 0 radical (unpaired) electrons. The molecule has 1 aliphatic rings. The highest BCUT2D eigenvalue weighted by Crippen LogP contribution is 2.22. The Morgan fingerprint density at radius 3 is 2.57 bits per heavy atom. The number of aryl methyl sites for hydroxylation is 1. The molecule has 0 aromatic carbocycles. The molecule has 4 heteroatoms. The van der Waals surface area contributed by atoms with Gasteiger partial charge in [0.05, 0.1) is 13.1 Å². The predicted octanol–water partition coefficient (Wildman–Crippen LogP) is 3.20. The molecule has 0 N–H and O–H groups in total.